The number of rotatable bonds is 9. The normalized spacial score (nSPS) is 10.5. The Morgan fingerprint density at radius 1 is 1.07 bits per heavy atom. The highest BCUT2D eigenvalue weighted by Crippen LogP contribution is 2.18. The number of benzene rings is 2. The molecule has 0 saturated carbocycles. The summed E-state index contributed by atoms with van der Waals surface area (Å²) in [5.74, 6) is 0.361. The van der Waals surface area contributed by atoms with E-state index in [9.17, 15) is 9.59 Å². The van der Waals surface area contributed by atoms with Crippen molar-refractivity contribution in [2.24, 2.45) is 0 Å². The lowest BCUT2D eigenvalue weighted by molar-refractivity contribution is -0.121. The van der Waals surface area contributed by atoms with Crippen LogP contribution in [0.2, 0.25) is 5.02 Å². The second kappa shape index (κ2) is 10.7. The summed E-state index contributed by atoms with van der Waals surface area (Å²) in [6.45, 7) is 0.463. The molecule has 0 spiro atoms. The molecule has 0 saturated heterocycles. The van der Waals surface area contributed by atoms with E-state index in [1.54, 1.807) is 43.5 Å². The molecule has 0 aliphatic rings. The Kier molecular flexibility index (Phi) is 7.75. The minimum Gasteiger partial charge on any atom is -0.497 e. The van der Waals surface area contributed by atoms with E-state index in [0.717, 1.165) is 10.6 Å². The van der Waals surface area contributed by atoms with Gasteiger partial charge in [0.1, 0.15) is 10.8 Å². The van der Waals surface area contributed by atoms with Gasteiger partial charge in [-0.05, 0) is 48.4 Å². The van der Waals surface area contributed by atoms with E-state index in [-0.39, 0.29) is 16.8 Å². The monoisotopic (exact) mass is 444 g/mol. The average molecular weight is 445 g/mol. The van der Waals surface area contributed by atoms with Crippen LogP contribution in [0.4, 0.5) is 5.69 Å². The van der Waals surface area contributed by atoms with Gasteiger partial charge in [-0.1, -0.05) is 35.1 Å². The molecule has 1 heterocycles. The van der Waals surface area contributed by atoms with Gasteiger partial charge >= 0.3 is 0 Å². The van der Waals surface area contributed by atoms with Crippen LogP contribution in [-0.2, 0) is 17.8 Å². The first kappa shape index (κ1) is 21.7. The van der Waals surface area contributed by atoms with Gasteiger partial charge in [0.15, 0.2) is 0 Å². The van der Waals surface area contributed by atoms with Gasteiger partial charge in [-0.15, -0.1) is 10.2 Å². The zero-order valence-corrected chi connectivity index (χ0v) is 17.9. The number of nitrogens with zero attached hydrogens (tertiary/aromatic N) is 2. The minimum atomic E-state index is -0.315. The molecule has 3 rings (SSSR count). The van der Waals surface area contributed by atoms with E-state index < -0.39 is 0 Å². The molecule has 0 unspecified atom stereocenters. The van der Waals surface area contributed by atoms with E-state index in [1.165, 1.54) is 11.3 Å². The van der Waals surface area contributed by atoms with Crippen molar-refractivity contribution in [2.45, 2.75) is 25.8 Å². The molecular weight excluding hydrogens is 424 g/mol. The van der Waals surface area contributed by atoms with Crippen molar-refractivity contribution in [3.63, 3.8) is 0 Å². The average Bonchev–Trinajstić information content (AvgIpc) is 3.23. The number of amides is 2. The third-order valence-electron chi connectivity index (χ3n) is 4.21. The maximum Gasteiger partial charge on any atom is 0.286 e. The molecule has 0 bridgehead atoms. The molecule has 2 amide bonds. The number of aryl methyl sites for hydroxylation is 1. The smallest absolute Gasteiger partial charge is 0.286 e. The van der Waals surface area contributed by atoms with Crippen LogP contribution in [0, 0.1) is 0 Å². The summed E-state index contributed by atoms with van der Waals surface area (Å²) < 4.78 is 5.09. The molecule has 1 aromatic heterocycles. The standard InChI is InChI=1S/C21H21ClN4O3S/c1-29-17-11-9-16(10-12-17)24-20(28)21-26-25-19(30-21)4-2-3-18(27)23-13-14-5-7-15(22)8-6-14/h5-12H,2-4,13H2,1H3,(H,23,27)(H,24,28). The third-order valence-corrected chi connectivity index (χ3v) is 5.44. The SMILES string of the molecule is COc1ccc(NC(=O)c2nnc(CCCC(=O)NCc3ccc(Cl)cc3)s2)cc1. The van der Waals surface area contributed by atoms with Gasteiger partial charge < -0.3 is 15.4 Å². The zero-order valence-electron chi connectivity index (χ0n) is 16.4. The summed E-state index contributed by atoms with van der Waals surface area (Å²) in [6, 6.07) is 14.4. The Labute approximate surface area is 183 Å². The van der Waals surface area contributed by atoms with Gasteiger partial charge in [0.25, 0.3) is 5.91 Å². The van der Waals surface area contributed by atoms with Gasteiger partial charge in [-0.2, -0.15) is 0 Å². The molecule has 0 atom stereocenters. The van der Waals surface area contributed by atoms with E-state index in [2.05, 4.69) is 20.8 Å². The van der Waals surface area contributed by atoms with Crippen LogP contribution in [-0.4, -0.2) is 29.1 Å². The number of carbonyl (C=O) groups is 2. The van der Waals surface area contributed by atoms with Crippen LogP contribution in [0.5, 0.6) is 5.75 Å². The number of hydrogen-bond acceptors (Lipinski definition) is 6. The number of anilines is 1. The summed E-state index contributed by atoms with van der Waals surface area (Å²) in [4.78, 5) is 24.3. The lowest BCUT2D eigenvalue weighted by Crippen LogP contribution is -2.22. The van der Waals surface area contributed by atoms with Crippen LogP contribution < -0.4 is 15.4 Å². The van der Waals surface area contributed by atoms with E-state index in [0.29, 0.717) is 42.3 Å². The van der Waals surface area contributed by atoms with E-state index in [1.807, 2.05) is 12.1 Å². The number of hydrogen-bond donors (Lipinski definition) is 2. The highest BCUT2D eigenvalue weighted by atomic mass is 35.5. The predicted octanol–water partition coefficient (Wildman–Crippen LogP) is 4.09. The van der Waals surface area contributed by atoms with Crippen LogP contribution in [0.1, 0.15) is 33.2 Å². The molecular formula is C21H21ClN4O3S. The Bertz CT molecular complexity index is 990. The Balaban J connectivity index is 1.40. The predicted molar refractivity (Wildman–Crippen MR) is 117 cm³/mol. The Morgan fingerprint density at radius 3 is 2.50 bits per heavy atom. The van der Waals surface area contributed by atoms with Crippen LogP contribution in [0.3, 0.4) is 0 Å². The van der Waals surface area contributed by atoms with Gasteiger partial charge in [-0.3, -0.25) is 9.59 Å². The second-order valence-electron chi connectivity index (χ2n) is 6.44. The number of ether oxygens (including phenoxy) is 1. The van der Waals surface area contributed by atoms with Crippen molar-refractivity contribution >= 4 is 40.4 Å². The highest BCUT2D eigenvalue weighted by Gasteiger charge is 2.13. The van der Waals surface area contributed by atoms with Crippen LogP contribution in [0.15, 0.2) is 48.5 Å². The lowest BCUT2D eigenvalue weighted by Gasteiger charge is -2.05. The molecule has 3 aromatic rings. The molecule has 0 aliphatic carbocycles. The van der Waals surface area contributed by atoms with Crippen molar-refractivity contribution in [1.29, 1.82) is 0 Å². The number of carbonyl (C=O) groups excluding carboxylic acids is 2. The second-order valence-corrected chi connectivity index (χ2v) is 7.94. The van der Waals surface area contributed by atoms with Crippen molar-refractivity contribution in [3.8, 4) is 5.75 Å². The molecule has 9 heteroatoms. The zero-order chi connectivity index (χ0) is 21.3. The fourth-order valence-electron chi connectivity index (χ4n) is 2.60. The molecule has 2 N–H and O–H groups in total. The largest absolute Gasteiger partial charge is 0.497 e. The van der Waals surface area contributed by atoms with E-state index >= 15 is 0 Å². The van der Waals surface area contributed by atoms with Crippen molar-refractivity contribution < 1.29 is 14.3 Å². The van der Waals surface area contributed by atoms with Gasteiger partial charge in [-0.25, -0.2) is 0 Å². The molecule has 0 radical (unpaired) electrons. The van der Waals surface area contributed by atoms with Crippen molar-refractivity contribution in [3.05, 3.63) is 69.1 Å². The first-order valence-electron chi connectivity index (χ1n) is 9.32. The minimum absolute atomic E-state index is 0.0352. The maximum atomic E-state index is 12.3. The van der Waals surface area contributed by atoms with Gasteiger partial charge in [0, 0.05) is 30.1 Å². The first-order valence-corrected chi connectivity index (χ1v) is 10.5. The van der Waals surface area contributed by atoms with Gasteiger partial charge in [0.05, 0.1) is 7.11 Å². The van der Waals surface area contributed by atoms with E-state index in [4.69, 9.17) is 16.3 Å². The first-order chi connectivity index (χ1) is 14.5. The summed E-state index contributed by atoms with van der Waals surface area (Å²) in [5.41, 5.74) is 1.64. The van der Waals surface area contributed by atoms with Crippen LogP contribution in [0.25, 0.3) is 0 Å². The number of nitrogens with one attached hydrogen (secondary N) is 2. The number of aromatic nitrogens is 2. The summed E-state index contributed by atoms with van der Waals surface area (Å²) in [6.07, 6.45) is 1.59. The molecule has 156 valence electrons. The number of halogens is 1. The maximum absolute atomic E-state index is 12.3. The molecule has 7 nitrogen and oxygen atoms in total. The summed E-state index contributed by atoms with van der Waals surface area (Å²) in [7, 11) is 1.58. The summed E-state index contributed by atoms with van der Waals surface area (Å²) in [5, 5.41) is 15.3. The Hall–Kier alpha value is -2.97. The Morgan fingerprint density at radius 2 is 1.80 bits per heavy atom. The quantitative estimate of drug-likeness (QED) is 0.518. The fourth-order valence-corrected chi connectivity index (χ4v) is 3.50. The van der Waals surface area contributed by atoms with Crippen molar-refractivity contribution in [2.75, 3.05) is 12.4 Å². The molecule has 30 heavy (non-hydrogen) atoms. The van der Waals surface area contributed by atoms with Crippen molar-refractivity contribution in [1.82, 2.24) is 15.5 Å². The number of methoxy groups -OCH3 is 1. The molecule has 0 aliphatic heterocycles. The lowest BCUT2D eigenvalue weighted by atomic mass is 10.2. The molecule has 2 aromatic carbocycles. The van der Waals surface area contributed by atoms with Gasteiger partial charge in [0.2, 0.25) is 10.9 Å². The fraction of sp³-hybridized carbons (Fsp3) is 0.238. The third kappa shape index (κ3) is 6.53. The highest BCUT2D eigenvalue weighted by molar-refractivity contribution is 7.13. The van der Waals surface area contributed by atoms with Crippen LogP contribution >= 0.6 is 22.9 Å². The molecule has 0 fully saturated rings. The summed E-state index contributed by atoms with van der Waals surface area (Å²) >= 11 is 7.07. The topological polar surface area (TPSA) is 93.2 Å².